The monoisotopic (exact) mass is 624 g/mol. The number of rotatable bonds is 9. The predicted octanol–water partition coefficient (Wildman–Crippen LogP) is 7.03. The van der Waals surface area contributed by atoms with E-state index in [2.05, 4.69) is 64.3 Å². The van der Waals surface area contributed by atoms with Crippen molar-refractivity contribution >= 4 is 55.4 Å². The summed E-state index contributed by atoms with van der Waals surface area (Å²) in [6, 6.07) is 10.4. The number of aryl methyl sites for hydroxylation is 1. The van der Waals surface area contributed by atoms with E-state index in [9.17, 15) is 19.2 Å². The number of hydrogen-bond donors (Lipinski definition) is 0. The van der Waals surface area contributed by atoms with E-state index >= 15 is 0 Å². The highest BCUT2D eigenvalue weighted by Crippen LogP contribution is 2.30. The molecule has 36 heavy (non-hydrogen) atoms. The summed E-state index contributed by atoms with van der Waals surface area (Å²) in [5.74, 6) is -2.82. The van der Waals surface area contributed by atoms with Crippen LogP contribution in [0.25, 0.3) is 0 Å². The molecule has 0 atom stereocenters. The van der Waals surface area contributed by atoms with Crippen molar-refractivity contribution in [2.24, 2.45) is 0 Å². The van der Waals surface area contributed by atoms with Gasteiger partial charge in [0.15, 0.2) is 0 Å². The standard InChI is InChI=1S/2C14H17BrO3/c1-5-18-13(17)12(16)9-6-7-10(11(15)8-9)14(2,3)4;1-3-5-6-10-7-8-11(9-12(10)15)13(16)14(17)18-4-2/h6-8H,5H2,1-4H3;7-9H,3-6H2,1-2H3. The van der Waals surface area contributed by atoms with Gasteiger partial charge in [0.25, 0.3) is 11.6 Å². The van der Waals surface area contributed by atoms with Crippen LogP contribution < -0.4 is 0 Å². The molecule has 6 nitrogen and oxygen atoms in total. The molecule has 2 rings (SSSR count). The molecule has 0 amide bonds. The lowest BCUT2D eigenvalue weighted by atomic mass is 9.86. The second kappa shape index (κ2) is 15.1. The lowest BCUT2D eigenvalue weighted by molar-refractivity contribution is -0.138. The van der Waals surface area contributed by atoms with Gasteiger partial charge in [0, 0.05) is 20.1 Å². The van der Waals surface area contributed by atoms with Gasteiger partial charge in [0.05, 0.1) is 13.2 Å². The van der Waals surface area contributed by atoms with Crippen LogP contribution in [0.3, 0.4) is 0 Å². The first-order chi connectivity index (χ1) is 16.9. The first-order valence-electron chi connectivity index (χ1n) is 11.9. The van der Waals surface area contributed by atoms with Gasteiger partial charge in [0.1, 0.15) is 0 Å². The molecule has 0 saturated carbocycles. The predicted molar refractivity (Wildman–Crippen MR) is 148 cm³/mol. The van der Waals surface area contributed by atoms with Crippen molar-refractivity contribution in [2.45, 2.75) is 66.2 Å². The second-order valence-electron chi connectivity index (χ2n) is 8.95. The molecule has 2 aromatic rings. The number of esters is 2. The molecule has 0 aliphatic rings. The van der Waals surface area contributed by atoms with Crippen LogP contribution in [-0.4, -0.2) is 36.7 Å². The summed E-state index contributed by atoms with van der Waals surface area (Å²) in [4.78, 5) is 46.1. The number of ketones is 2. The Bertz CT molecular complexity index is 1090. The number of ether oxygens (including phenoxy) is 2. The van der Waals surface area contributed by atoms with Crippen molar-refractivity contribution < 1.29 is 28.7 Å². The zero-order chi connectivity index (χ0) is 27.5. The zero-order valence-electron chi connectivity index (χ0n) is 21.7. The summed E-state index contributed by atoms with van der Waals surface area (Å²) >= 11 is 6.86. The van der Waals surface area contributed by atoms with Gasteiger partial charge >= 0.3 is 11.9 Å². The highest BCUT2D eigenvalue weighted by molar-refractivity contribution is 9.10. The summed E-state index contributed by atoms with van der Waals surface area (Å²) in [5, 5.41) is 0. The highest BCUT2D eigenvalue weighted by Gasteiger charge is 2.22. The first-order valence-corrected chi connectivity index (χ1v) is 13.5. The summed E-state index contributed by atoms with van der Waals surface area (Å²) in [5.41, 5.74) is 2.92. The molecule has 0 aliphatic heterocycles. The third kappa shape index (κ3) is 9.62. The molecule has 0 bridgehead atoms. The van der Waals surface area contributed by atoms with Gasteiger partial charge in [0.2, 0.25) is 0 Å². The molecule has 0 aromatic heterocycles. The van der Waals surface area contributed by atoms with Gasteiger partial charge in [-0.2, -0.15) is 0 Å². The lowest BCUT2D eigenvalue weighted by Gasteiger charge is -2.21. The Labute approximate surface area is 230 Å². The first kappa shape index (κ1) is 31.7. The molecule has 8 heteroatoms. The molecule has 2 aromatic carbocycles. The number of carbonyl (C=O) groups excluding carboxylic acids is 4. The van der Waals surface area contributed by atoms with Gasteiger partial charge in [-0.25, -0.2) is 9.59 Å². The van der Waals surface area contributed by atoms with Crippen LogP contribution in [0.4, 0.5) is 0 Å². The fourth-order valence-corrected chi connectivity index (χ4v) is 4.70. The maximum absolute atomic E-state index is 11.8. The number of carbonyl (C=O) groups is 4. The van der Waals surface area contributed by atoms with Crippen LogP contribution in [0.15, 0.2) is 45.3 Å². The third-order valence-electron chi connectivity index (χ3n) is 5.08. The van der Waals surface area contributed by atoms with Crippen LogP contribution in [0.2, 0.25) is 0 Å². The Balaban J connectivity index is 0.000000360. The molecule has 0 fully saturated rings. The number of hydrogen-bond acceptors (Lipinski definition) is 6. The average Bonchev–Trinajstić information content (AvgIpc) is 2.82. The van der Waals surface area contributed by atoms with Gasteiger partial charge in [-0.15, -0.1) is 0 Å². The van der Waals surface area contributed by atoms with Crippen LogP contribution in [-0.2, 0) is 30.9 Å². The maximum atomic E-state index is 11.8. The molecule has 0 radical (unpaired) electrons. The zero-order valence-corrected chi connectivity index (χ0v) is 24.9. The molecule has 0 N–H and O–H groups in total. The molecule has 0 spiro atoms. The van der Waals surface area contributed by atoms with Crippen molar-refractivity contribution in [3.63, 3.8) is 0 Å². The van der Waals surface area contributed by atoms with E-state index in [0.717, 1.165) is 39.3 Å². The average molecular weight is 626 g/mol. The van der Waals surface area contributed by atoms with Crippen LogP contribution in [0.1, 0.15) is 86.2 Å². The lowest BCUT2D eigenvalue weighted by Crippen LogP contribution is -2.18. The Morgan fingerprint density at radius 1 is 0.750 bits per heavy atom. The Morgan fingerprint density at radius 2 is 1.22 bits per heavy atom. The van der Waals surface area contributed by atoms with Crippen molar-refractivity contribution in [1.82, 2.24) is 0 Å². The smallest absolute Gasteiger partial charge is 0.379 e. The minimum absolute atomic E-state index is 0.0235. The Kier molecular flexibility index (Phi) is 13.3. The minimum atomic E-state index is -0.812. The Morgan fingerprint density at radius 3 is 1.61 bits per heavy atom. The van der Waals surface area contributed by atoms with Gasteiger partial charge in [-0.3, -0.25) is 9.59 Å². The normalized spacial score (nSPS) is 10.7. The van der Waals surface area contributed by atoms with Gasteiger partial charge in [-0.1, -0.05) is 90.2 Å². The van der Waals surface area contributed by atoms with E-state index in [-0.39, 0.29) is 18.6 Å². The van der Waals surface area contributed by atoms with Crippen molar-refractivity contribution in [2.75, 3.05) is 13.2 Å². The van der Waals surface area contributed by atoms with Crippen molar-refractivity contribution in [3.8, 4) is 0 Å². The minimum Gasteiger partial charge on any atom is -0.460 e. The molecular weight excluding hydrogens is 592 g/mol. The highest BCUT2D eigenvalue weighted by atomic mass is 79.9. The van der Waals surface area contributed by atoms with E-state index in [4.69, 9.17) is 4.74 Å². The second-order valence-corrected chi connectivity index (χ2v) is 10.7. The fraction of sp³-hybridized carbons (Fsp3) is 0.429. The molecule has 0 unspecified atom stereocenters. The van der Waals surface area contributed by atoms with Crippen LogP contribution >= 0.6 is 31.9 Å². The number of benzene rings is 2. The largest absolute Gasteiger partial charge is 0.460 e. The number of Topliss-reactive ketones (excluding diaryl/α,β-unsaturated/α-hetero) is 2. The van der Waals surface area contributed by atoms with Gasteiger partial charge < -0.3 is 9.47 Å². The molecule has 0 saturated heterocycles. The van der Waals surface area contributed by atoms with Crippen molar-refractivity contribution in [1.29, 1.82) is 0 Å². The topological polar surface area (TPSA) is 86.7 Å². The van der Waals surface area contributed by atoms with Crippen LogP contribution in [0.5, 0.6) is 0 Å². The quantitative estimate of drug-likeness (QED) is 0.169. The van der Waals surface area contributed by atoms with E-state index in [0.29, 0.717) is 11.1 Å². The summed E-state index contributed by atoms with van der Waals surface area (Å²) < 4.78 is 11.1. The summed E-state index contributed by atoms with van der Waals surface area (Å²) in [6.45, 7) is 12.1. The summed E-state index contributed by atoms with van der Waals surface area (Å²) in [7, 11) is 0. The van der Waals surface area contributed by atoms with Crippen molar-refractivity contribution in [3.05, 3.63) is 67.6 Å². The van der Waals surface area contributed by atoms with Gasteiger partial charge in [-0.05, 0) is 55.4 Å². The van der Waals surface area contributed by atoms with E-state index < -0.39 is 23.5 Å². The third-order valence-corrected chi connectivity index (χ3v) is 6.47. The molecule has 196 valence electrons. The summed E-state index contributed by atoms with van der Waals surface area (Å²) in [6.07, 6.45) is 3.19. The molecular formula is C28H34Br2O6. The number of halogens is 2. The number of unbranched alkanes of at least 4 members (excludes halogenated alkanes) is 1. The molecule has 0 heterocycles. The van der Waals surface area contributed by atoms with E-state index in [1.807, 2.05) is 12.1 Å². The maximum Gasteiger partial charge on any atom is 0.379 e. The fourth-order valence-electron chi connectivity index (χ4n) is 3.15. The van der Waals surface area contributed by atoms with Crippen LogP contribution in [0, 0.1) is 0 Å². The SMILES string of the molecule is CCCCc1ccc(C(=O)C(=O)OCC)cc1Br.CCOC(=O)C(=O)c1ccc(C(C)(C)C)c(Br)c1. The molecule has 0 aliphatic carbocycles. The van der Waals surface area contributed by atoms with E-state index in [1.165, 1.54) is 0 Å². The van der Waals surface area contributed by atoms with E-state index in [1.54, 1.807) is 38.1 Å². The Hall–Kier alpha value is -2.32.